The van der Waals surface area contributed by atoms with Gasteiger partial charge < -0.3 is 0 Å². The number of rotatable bonds is 0. The van der Waals surface area contributed by atoms with Crippen molar-refractivity contribution in [2.75, 3.05) is 4.90 Å². The zero-order valence-electron chi connectivity index (χ0n) is 13.7. The second kappa shape index (κ2) is 4.83. The number of nitrogens with zero attached hydrogens (tertiary/aromatic N) is 2. The van der Waals surface area contributed by atoms with E-state index in [9.17, 15) is 0 Å². The smallest absolute Gasteiger partial charge is 0.262 e. The highest BCUT2D eigenvalue weighted by Gasteiger charge is 2.54. The Morgan fingerprint density at radius 3 is 2.54 bits per heavy atom. The number of hydrogen-bond donors (Lipinski definition) is 0. The summed E-state index contributed by atoms with van der Waals surface area (Å²) in [7, 11) is 0. The van der Waals surface area contributed by atoms with Gasteiger partial charge in [-0.1, -0.05) is 36.4 Å². The minimum absolute atomic E-state index is 0.312. The summed E-state index contributed by atoms with van der Waals surface area (Å²) in [5.74, 6) is 0. The first-order valence-corrected chi connectivity index (χ1v) is 9.26. The van der Waals surface area contributed by atoms with Crippen LogP contribution in [0, 0.1) is 6.92 Å². The Labute approximate surface area is 156 Å². The molecular formula is C21H18IN2+. The molecule has 3 heterocycles. The average Bonchev–Trinajstić information content (AvgIpc) is 2.83. The van der Waals surface area contributed by atoms with Gasteiger partial charge in [-0.25, -0.2) is 0 Å². The minimum Gasteiger partial charge on any atom is -0.284 e. The number of anilines is 1. The number of allylic oxidation sites excluding steroid dienone is 2. The molecule has 24 heavy (non-hydrogen) atoms. The topological polar surface area (TPSA) is 3.24 Å². The first kappa shape index (κ1) is 14.5. The van der Waals surface area contributed by atoms with Crippen LogP contribution in [-0.2, 0) is 0 Å². The first-order valence-electron chi connectivity index (χ1n) is 8.30. The van der Waals surface area contributed by atoms with E-state index in [0.29, 0.717) is 6.17 Å². The van der Waals surface area contributed by atoms with E-state index in [1.54, 1.807) is 0 Å². The molecule has 0 aromatic heterocycles. The Bertz CT molecular complexity index is 970. The largest absolute Gasteiger partial charge is 0.284 e. The highest BCUT2D eigenvalue weighted by molar-refractivity contribution is 14.1. The lowest BCUT2D eigenvalue weighted by Crippen LogP contribution is -2.49. The molecule has 2 aromatic rings. The van der Waals surface area contributed by atoms with Crippen molar-refractivity contribution in [1.82, 2.24) is 2.70 Å². The van der Waals surface area contributed by atoms with Gasteiger partial charge in [0.2, 0.25) is 0 Å². The van der Waals surface area contributed by atoms with Crippen LogP contribution in [0.1, 0.15) is 23.6 Å². The zero-order valence-corrected chi connectivity index (χ0v) is 15.9. The van der Waals surface area contributed by atoms with Crippen molar-refractivity contribution in [2.45, 2.75) is 20.0 Å². The van der Waals surface area contributed by atoms with Gasteiger partial charge in [0.05, 0.1) is 5.69 Å². The molecule has 2 atom stereocenters. The van der Waals surface area contributed by atoms with Crippen molar-refractivity contribution in [2.24, 2.45) is 0 Å². The first-order chi connectivity index (χ1) is 11.6. The van der Waals surface area contributed by atoms with Gasteiger partial charge in [-0.3, -0.25) is 4.90 Å². The number of fused-ring (bicyclic) bond motifs is 6. The van der Waals surface area contributed by atoms with Crippen LogP contribution in [0.5, 0.6) is 0 Å². The van der Waals surface area contributed by atoms with E-state index in [2.05, 4.69) is 108 Å². The molecule has 3 aliphatic heterocycles. The van der Waals surface area contributed by atoms with Crippen LogP contribution in [0.25, 0.3) is 12.2 Å². The molecule has 3 heteroatoms. The van der Waals surface area contributed by atoms with Crippen LogP contribution < -0.4 is 7.60 Å². The quantitative estimate of drug-likeness (QED) is 0.382. The highest BCUT2D eigenvalue weighted by atomic mass is 127. The van der Waals surface area contributed by atoms with Gasteiger partial charge in [-0.05, 0) is 36.8 Å². The molecule has 0 N–H and O–H groups in total. The van der Waals surface area contributed by atoms with Crippen molar-refractivity contribution in [3.8, 4) is 0 Å². The van der Waals surface area contributed by atoms with Crippen LogP contribution >= 0.6 is 22.9 Å². The summed E-state index contributed by atoms with van der Waals surface area (Å²) < 4.78 is 0.810. The second-order valence-corrected chi connectivity index (χ2v) is 8.17. The molecule has 2 unspecified atom stereocenters. The molecule has 0 radical (unpaired) electrons. The van der Waals surface area contributed by atoms with Gasteiger partial charge in [0.15, 0.2) is 17.6 Å². The number of halogens is 1. The molecule has 3 aliphatic rings. The molecule has 0 spiro atoms. The Morgan fingerprint density at radius 2 is 1.67 bits per heavy atom. The molecule has 0 amide bonds. The van der Waals surface area contributed by atoms with E-state index >= 15 is 0 Å². The van der Waals surface area contributed by atoms with Crippen LogP contribution in [-0.4, -0.2) is 6.17 Å². The fourth-order valence-corrected chi connectivity index (χ4v) is 5.61. The van der Waals surface area contributed by atoms with Gasteiger partial charge in [0.25, 0.3) is 22.9 Å². The van der Waals surface area contributed by atoms with E-state index < -0.39 is 0 Å². The van der Waals surface area contributed by atoms with Crippen LogP contribution in [0.15, 0.2) is 66.0 Å². The Hall–Kier alpha value is -1.85. The van der Waals surface area contributed by atoms with Crippen LogP contribution in [0.4, 0.5) is 11.4 Å². The predicted octanol–water partition coefficient (Wildman–Crippen LogP) is 5.78. The normalized spacial score (nSPS) is 26.1. The van der Waals surface area contributed by atoms with Crippen LogP contribution in [0.2, 0.25) is 0 Å². The molecule has 118 valence electrons. The summed E-state index contributed by atoms with van der Waals surface area (Å²) in [6.07, 6.45) is 9.41. The third kappa shape index (κ3) is 1.64. The van der Waals surface area contributed by atoms with E-state index in [4.69, 9.17) is 0 Å². The fourth-order valence-electron chi connectivity index (χ4n) is 4.30. The Morgan fingerprint density at radius 1 is 0.917 bits per heavy atom. The summed E-state index contributed by atoms with van der Waals surface area (Å²) >= 11 is 2.64. The highest BCUT2D eigenvalue weighted by Crippen LogP contribution is 2.54. The maximum Gasteiger partial charge on any atom is 0.262 e. The van der Waals surface area contributed by atoms with Gasteiger partial charge in [-0.2, -0.15) is 2.70 Å². The van der Waals surface area contributed by atoms with Crippen molar-refractivity contribution in [3.63, 3.8) is 0 Å². The van der Waals surface area contributed by atoms with Gasteiger partial charge >= 0.3 is 0 Å². The van der Waals surface area contributed by atoms with Crippen molar-refractivity contribution < 1.29 is 0 Å². The number of hydrogen-bond acceptors (Lipinski definition) is 1. The lowest BCUT2D eigenvalue weighted by Gasteiger charge is -2.38. The SMILES string of the molecule is Cc1cccc2c1[N+]1(I)C(=C3C=Cc4ccccc4N3C1C)C=C2. The Kier molecular flexibility index (Phi) is 2.92. The molecule has 0 saturated heterocycles. The number of aryl methyl sites for hydroxylation is 1. The van der Waals surface area contributed by atoms with E-state index in [1.807, 2.05) is 0 Å². The summed E-state index contributed by atoms with van der Waals surface area (Å²) in [5.41, 5.74) is 9.39. The molecule has 0 aliphatic carbocycles. The zero-order chi connectivity index (χ0) is 16.5. The van der Waals surface area contributed by atoms with Gasteiger partial charge in [-0.15, -0.1) is 0 Å². The monoisotopic (exact) mass is 425 g/mol. The third-order valence-electron chi connectivity index (χ3n) is 5.39. The third-order valence-corrected chi connectivity index (χ3v) is 7.20. The van der Waals surface area contributed by atoms with Gasteiger partial charge in [0.1, 0.15) is 5.70 Å². The fraction of sp³-hybridized carbons (Fsp3) is 0.143. The number of quaternary nitrogens is 1. The average molecular weight is 425 g/mol. The molecule has 5 rings (SSSR count). The molecule has 0 fully saturated rings. The van der Waals surface area contributed by atoms with E-state index in [0.717, 1.165) is 2.70 Å². The summed E-state index contributed by atoms with van der Waals surface area (Å²) in [4.78, 5) is 2.50. The maximum atomic E-state index is 2.64. The maximum absolute atomic E-state index is 2.64. The number of para-hydroxylation sites is 2. The number of benzene rings is 2. The molecule has 2 aromatic carbocycles. The van der Waals surface area contributed by atoms with Crippen LogP contribution in [0.3, 0.4) is 0 Å². The second-order valence-electron chi connectivity index (χ2n) is 6.65. The standard InChI is InChI=1S/C21H18IN2/c1-14-6-5-8-17-11-13-20-19-12-10-16-7-3-4-9-18(16)23(19)15(2)24(20,22)21(14)17/h3-13,15H,1-2H3/q+1. The molecule has 2 nitrogen and oxygen atoms in total. The van der Waals surface area contributed by atoms with E-state index in [1.165, 1.54) is 39.5 Å². The van der Waals surface area contributed by atoms with Crippen molar-refractivity contribution in [1.29, 1.82) is 0 Å². The minimum atomic E-state index is 0.312. The molecular weight excluding hydrogens is 407 g/mol. The molecule has 0 saturated carbocycles. The molecule has 0 bridgehead atoms. The van der Waals surface area contributed by atoms with Crippen molar-refractivity contribution in [3.05, 3.63) is 82.7 Å². The van der Waals surface area contributed by atoms with Crippen molar-refractivity contribution >= 4 is 46.4 Å². The van der Waals surface area contributed by atoms with E-state index in [-0.39, 0.29) is 0 Å². The Balaban J connectivity index is 1.81. The lowest BCUT2D eigenvalue weighted by atomic mass is 10.0. The predicted molar refractivity (Wildman–Crippen MR) is 110 cm³/mol. The summed E-state index contributed by atoms with van der Waals surface area (Å²) in [6, 6.07) is 15.3. The summed E-state index contributed by atoms with van der Waals surface area (Å²) in [5, 5.41) is 0. The summed E-state index contributed by atoms with van der Waals surface area (Å²) in [6.45, 7) is 4.57. The lowest BCUT2D eigenvalue weighted by molar-refractivity contribution is 0.509. The van der Waals surface area contributed by atoms with Gasteiger partial charge in [0, 0.05) is 24.1 Å².